The zero-order valence-electron chi connectivity index (χ0n) is 13.1. The smallest absolute Gasteiger partial charge is 0.112 e. The first-order chi connectivity index (χ1) is 10.4. The lowest BCUT2D eigenvalue weighted by Gasteiger charge is -2.38. The van der Waals surface area contributed by atoms with Crippen LogP contribution in [0.2, 0.25) is 0 Å². The van der Waals surface area contributed by atoms with Crippen LogP contribution < -0.4 is 5.32 Å². The maximum atomic E-state index is 5.77. The van der Waals surface area contributed by atoms with Gasteiger partial charge in [0.05, 0.1) is 11.8 Å². The van der Waals surface area contributed by atoms with Crippen LogP contribution in [-0.4, -0.2) is 28.8 Å². The standard InChI is InChI=1S/C17H27N3O/c1-2-21-14-9-13(10-14)20-16-7-8-18-11-15(16)19-17(20)12-5-3-4-6-12/h12-14,18H,2-11H2,1H3. The molecule has 116 valence electrons. The molecule has 0 aromatic carbocycles. The lowest BCUT2D eigenvalue weighted by molar-refractivity contribution is -0.0212. The fraction of sp³-hybridized carbons (Fsp3) is 0.824. The molecule has 0 unspecified atom stereocenters. The van der Waals surface area contributed by atoms with Crippen LogP contribution in [0, 0.1) is 0 Å². The molecular formula is C17H27N3O. The molecule has 2 aliphatic carbocycles. The van der Waals surface area contributed by atoms with Crippen molar-refractivity contribution in [3.05, 3.63) is 17.2 Å². The number of imidazole rings is 1. The number of rotatable bonds is 4. The average Bonchev–Trinajstić information content (AvgIpc) is 3.09. The molecule has 2 saturated carbocycles. The number of aromatic nitrogens is 2. The highest BCUT2D eigenvalue weighted by atomic mass is 16.5. The molecule has 0 saturated heterocycles. The van der Waals surface area contributed by atoms with E-state index in [4.69, 9.17) is 9.72 Å². The van der Waals surface area contributed by atoms with E-state index >= 15 is 0 Å². The molecule has 21 heavy (non-hydrogen) atoms. The average molecular weight is 289 g/mol. The minimum Gasteiger partial charge on any atom is -0.378 e. The molecule has 2 heterocycles. The molecule has 0 spiro atoms. The van der Waals surface area contributed by atoms with E-state index in [1.807, 2.05) is 0 Å². The van der Waals surface area contributed by atoms with Gasteiger partial charge in [-0.1, -0.05) is 12.8 Å². The van der Waals surface area contributed by atoms with Crippen molar-refractivity contribution in [2.75, 3.05) is 13.2 Å². The summed E-state index contributed by atoms with van der Waals surface area (Å²) in [5.74, 6) is 2.11. The number of nitrogens with zero attached hydrogens (tertiary/aromatic N) is 2. The summed E-state index contributed by atoms with van der Waals surface area (Å²) in [6.07, 6.45) is 9.43. The van der Waals surface area contributed by atoms with E-state index in [2.05, 4.69) is 16.8 Å². The van der Waals surface area contributed by atoms with Gasteiger partial charge in [-0.3, -0.25) is 0 Å². The van der Waals surface area contributed by atoms with Crippen LogP contribution in [0.4, 0.5) is 0 Å². The van der Waals surface area contributed by atoms with Crippen molar-refractivity contribution in [2.45, 2.75) is 76.5 Å². The predicted octanol–water partition coefficient (Wildman–Crippen LogP) is 2.93. The molecule has 2 fully saturated rings. The van der Waals surface area contributed by atoms with Gasteiger partial charge in [0.25, 0.3) is 0 Å². The SMILES string of the molecule is CCOC1CC(n2c(C3CCCC3)nc3c2CCNC3)C1. The Kier molecular flexibility index (Phi) is 3.76. The summed E-state index contributed by atoms with van der Waals surface area (Å²) in [6, 6.07) is 0.645. The van der Waals surface area contributed by atoms with Crippen LogP contribution in [0.25, 0.3) is 0 Å². The Bertz CT molecular complexity index is 498. The second-order valence-corrected chi connectivity index (χ2v) is 6.84. The first-order valence-electron chi connectivity index (χ1n) is 8.79. The van der Waals surface area contributed by atoms with Gasteiger partial charge in [-0.15, -0.1) is 0 Å². The van der Waals surface area contributed by atoms with E-state index in [0.29, 0.717) is 18.1 Å². The summed E-state index contributed by atoms with van der Waals surface area (Å²) in [6.45, 7) is 5.01. The van der Waals surface area contributed by atoms with Gasteiger partial charge in [0.2, 0.25) is 0 Å². The van der Waals surface area contributed by atoms with Crippen molar-refractivity contribution < 1.29 is 4.74 Å². The van der Waals surface area contributed by atoms with E-state index in [0.717, 1.165) is 26.1 Å². The largest absolute Gasteiger partial charge is 0.378 e. The zero-order valence-corrected chi connectivity index (χ0v) is 13.1. The molecule has 1 aromatic heterocycles. The number of ether oxygens (including phenoxy) is 1. The van der Waals surface area contributed by atoms with Gasteiger partial charge >= 0.3 is 0 Å². The highest BCUT2D eigenvalue weighted by Gasteiger charge is 2.37. The third-order valence-corrected chi connectivity index (χ3v) is 5.51. The van der Waals surface area contributed by atoms with Gasteiger partial charge in [-0.25, -0.2) is 4.98 Å². The maximum absolute atomic E-state index is 5.77. The van der Waals surface area contributed by atoms with Gasteiger partial charge in [0, 0.05) is 43.8 Å². The van der Waals surface area contributed by atoms with Crippen molar-refractivity contribution in [3.63, 3.8) is 0 Å². The van der Waals surface area contributed by atoms with Crippen LogP contribution in [0.3, 0.4) is 0 Å². The van der Waals surface area contributed by atoms with Gasteiger partial charge < -0.3 is 14.6 Å². The third-order valence-electron chi connectivity index (χ3n) is 5.51. The summed E-state index contributed by atoms with van der Waals surface area (Å²) in [5, 5.41) is 3.48. The van der Waals surface area contributed by atoms with Gasteiger partial charge in [0.1, 0.15) is 5.82 Å². The Hall–Kier alpha value is -0.870. The van der Waals surface area contributed by atoms with E-state index < -0.39 is 0 Å². The summed E-state index contributed by atoms with van der Waals surface area (Å²) in [7, 11) is 0. The van der Waals surface area contributed by atoms with E-state index in [9.17, 15) is 0 Å². The van der Waals surface area contributed by atoms with Crippen molar-refractivity contribution >= 4 is 0 Å². The minimum absolute atomic E-state index is 0.483. The Balaban J connectivity index is 1.62. The van der Waals surface area contributed by atoms with Gasteiger partial charge in [0.15, 0.2) is 0 Å². The molecule has 4 nitrogen and oxygen atoms in total. The van der Waals surface area contributed by atoms with Crippen LogP contribution in [0.5, 0.6) is 0 Å². The fourth-order valence-corrected chi connectivity index (χ4v) is 4.35. The summed E-state index contributed by atoms with van der Waals surface area (Å²) in [4.78, 5) is 5.07. The Morgan fingerprint density at radius 3 is 2.86 bits per heavy atom. The van der Waals surface area contributed by atoms with Crippen molar-refractivity contribution in [1.82, 2.24) is 14.9 Å². The van der Waals surface area contributed by atoms with Gasteiger partial charge in [-0.05, 0) is 32.6 Å². The summed E-state index contributed by atoms with van der Waals surface area (Å²) >= 11 is 0. The van der Waals surface area contributed by atoms with E-state index in [1.165, 1.54) is 55.7 Å². The van der Waals surface area contributed by atoms with E-state index in [-0.39, 0.29) is 0 Å². The van der Waals surface area contributed by atoms with Crippen LogP contribution >= 0.6 is 0 Å². The second-order valence-electron chi connectivity index (χ2n) is 6.84. The van der Waals surface area contributed by atoms with Crippen LogP contribution in [0.15, 0.2) is 0 Å². The molecule has 1 aromatic rings. The predicted molar refractivity (Wildman–Crippen MR) is 82.5 cm³/mol. The number of fused-ring (bicyclic) bond motifs is 1. The topological polar surface area (TPSA) is 39.1 Å². The highest BCUT2D eigenvalue weighted by Crippen LogP contribution is 2.42. The molecule has 1 aliphatic heterocycles. The normalized spacial score (nSPS) is 29.4. The molecule has 4 heteroatoms. The second kappa shape index (κ2) is 5.73. The number of hydrogen-bond donors (Lipinski definition) is 1. The van der Waals surface area contributed by atoms with E-state index in [1.54, 1.807) is 0 Å². The molecule has 0 radical (unpaired) electrons. The quantitative estimate of drug-likeness (QED) is 0.926. The molecule has 0 amide bonds. The Labute approximate surface area is 127 Å². The third kappa shape index (κ3) is 2.42. The minimum atomic E-state index is 0.483. The highest BCUT2D eigenvalue weighted by molar-refractivity contribution is 5.24. The van der Waals surface area contributed by atoms with Crippen molar-refractivity contribution in [1.29, 1.82) is 0 Å². The molecule has 0 atom stereocenters. The lowest BCUT2D eigenvalue weighted by atomic mass is 9.88. The van der Waals surface area contributed by atoms with Crippen LogP contribution in [-0.2, 0) is 17.7 Å². The molecular weight excluding hydrogens is 262 g/mol. The molecule has 4 rings (SSSR count). The number of nitrogens with one attached hydrogen (secondary N) is 1. The monoisotopic (exact) mass is 289 g/mol. The first-order valence-corrected chi connectivity index (χ1v) is 8.79. The fourth-order valence-electron chi connectivity index (χ4n) is 4.35. The Morgan fingerprint density at radius 2 is 2.10 bits per heavy atom. The van der Waals surface area contributed by atoms with Gasteiger partial charge in [-0.2, -0.15) is 0 Å². The van der Waals surface area contributed by atoms with Crippen LogP contribution in [0.1, 0.15) is 74.6 Å². The first kappa shape index (κ1) is 13.8. The lowest BCUT2D eigenvalue weighted by Crippen LogP contribution is -2.36. The molecule has 1 N–H and O–H groups in total. The Morgan fingerprint density at radius 1 is 1.29 bits per heavy atom. The summed E-state index contributed by atoms with van der Waals surface area (Å²) < 4.78 is 8.41. The number of hydrogen-bond acceptors (Lipinski definition) is 3. The van der Waals surface area contributed by atoms with Crippen molar-refractivity contribution in [3.8, 4) is 0 Å². The van der Waals surface area contributed by atoms with Crippen molar-refractivity contribution in [2.24, 2.45) is 0 Å². The maximum Gasteiger partial charge on any atom is 0.112 e. The molecule has 0 bridgehead atoms. The molecule has 3 aliphatic rings. The zero-order chi connectivity index (χ0) is 14.2. The summed E-state index contributed by atoms with van der Waals surface area (Å²) in [5.41, 5.74) is 2.85.